The summed E-state index contributed by atoms with van der Waals surface area (Å²) in [4.78, 5) is 26.7. The molecule has 0 aliphatic heterocycles. The van der Waals surface area contributed by atoms with Gasteiger partial charge in [0.05, 0.1) is 23.3 Å². The van der Waals surface area contributed by atoms with Crippen LogP contribution in [0.25, 0.3) is 10.8 Å². The van der Waals surface area contributed by atoms with E-state index in [1.165, 1.54) is 19.2 Å². The number of carbonyl (C=O) groups excluding carboxylic acids is 1. The minimum Gasteiger partial charge on any atom is -0.465 e. The van der Waals surface area contributed by atoms with E-state index in [1.807, 2.05) is 0 Å². The van der Waals surface area contributed by atoms with E-state index in [0.29, 0.717) is 28.5 Å². The average Bonchev–Trinajstić information content (AvgIpc) is 2.50. The number of carbonyl (C=O) groups is 1. The number of benzene rings is 1. The third-order valence-electron chi connectivity index (χ3n) is 3.32. The molecular weight excluding hydrogens is 272 g/mol. The summed E-state index contributed by atoms with van der Waals surface area (Å²) < 4.78 is 4.83. The molecule has 0 bridgehead atoms. The maximum atomic E-state index is 12.0. The largest absolute Gasteiger partial charge is 0.465 e. The highest BCUT2D eigenvalue weighted by atomic mass is 16.6. The van der Waals surface area contributed by atoms with Crippen LogP contribution < -0.4 is 0 Å². The summed E-state index contributed by atoms with van der Waals surface area (Å²) in [5.74, 6) is -0.465. The Morgan fingerprint density at radius 2 is 2.19 bits per heavy atom. The van der Waals surface area contributed by atoms with E-state index in [1.54, 1.807) is 12.3 Å². The highest BCUT2D eigenvalue weighted by Gasteiger charge is 2.18. The van der Waals surface area contributed by atoms with Gasteiger partial charge in [-0.25, -0.2) is 4.79 Å². The first-order valence-corrected chi connectivity index (χ1v) is 6.72. The first-order chi connectivity index (χ1) is 10.1. The van der Waals surface area contributed by atoms with Gasteiger partial charge in [0.25, 0.3) is 5.69 Å². The van der Waals surface area contributed by atoms with Crippen LogP contribution in [0.3, 0.4) is 0 Å². The number of hydrogen-bond acceptors (Lipinski definition) is 5. The van der Waals surface area contributed by atoms with Crippen molar-refractivity contribution in [1.82, 2.24) is 4.98 Å². The monoisotopic (exact) mass is 288 g/mol. The number of pyridine rings is 1. The van der Waals surface area contributed by atoms with E-state index in [-0.39, 0.29) is 5.69 Å². The van der Waals surface area contributed by atoms with Crippen molar-refractivity contribution in [2.45, 2.75) is 26.2 Å². The Morgan fingerprint density at radius 1 is 1.43 bits per heavy atom. The fourth-order valence-electron chi connectivity index (χ4n) is 2.23. The summed E-state index contributed by atoms with van der Waals surface area (Å²) in [6, 6.07) is 4.38. The third kappa shape index (κ3) is 2.99. The number of nitro benzene ring substituents is 1. The van der Waals surface area contributed by atoms with Crippen molar-refractivity contribution in [2.24, 2.45) is 0 Å². The fraction of sp³-hybridized carbons (Fsp3) is 0.333. The molecule has 0 fully saturated rings. The number of unbranched alkanes of at least 4 members (excludes halogenated alkanes) is 1. The molecule has 0 saturated heterocycles. The standard InChI is InChI=1S/C15H16N2O4/c1-3-4-5-13-14(15(18)21-2)12-7-6-11(17(19)20)8-10(12)9-16-13/h6-9H,3-5H2,1-2H3. The zero-order valence-electron chi connectivity index (χ0n) is 12.0. The van der Waals surface area contributed by atoms with Crippen molar-refractivity contribution in [2.75, 3.05) is 7.11 Å². The second-order valence-electron chi connectivity index (χ2n) is 4.70. The molecule has 0 amide bonds. The highest BCUT2D eigenvalue weighted by molar-refractivity contribution is 6.05. The number of aryl methyl sites for hydroxylation is 1. The van der Waals surface area contributed by atoms with Gasteiger partial charge in [0.1, 0.15) is 0 Å². The van der Waals surface area contributed by atoms with Crippen LogP contribution in [0.4, 0.5) is 5.69 Å². The van der Waals surface area contributed by atoms with Crippen LogP contribution in [0.5, 0.6) is 0 Å². The van der Waals surface area contributed by atoms with Gasteiger partial charge in [0.15, 0.2) is 0 Å². The molecule has 0 radical (unpaired) electrons. The molecule has 2 rings (SSSR count). The Hall–Kier alpha value is -2.50. The number of methoxy groups -OCH3 is 1. The van der Waals surface area contributed by atoms with Crippen molar-refractivity contribution in [3.8, 4) is 0 Å². The van der Waals surface area contributed by atoms with Crippen LogP contribution in [0.15, 0.2) is 24.4 Å². The van der Waals surface area contributed by atoms with Gasteiger partial charge in [-0.15, -0.1) is 0 Å². The van der Waals surface area contributed by atoms with Crippen LogP contribution in [0, 0.1) is 10.1 Å². The predicted octanol–water partition coefficient (Wildman–Crippen LogP) is 3.27. The molecule has 2 aromatic rings. The summed E-state index contributed by atoms with van der Waals surface area (Å²) in [5, 5.41) is 12.0. The molecule has 1 aromatic heterocycles. The summed E-state index contributed by atoms with van der Waals surface area (Å²) in [5.41, 5.74) is 1.05. The molecule has 0 aliphatic rings. The van der Waals surface area contributed by atoms with Crippen molar-refractivity contribution in [3.63, 3.8) is 0 Å². The minimum absolute atomic E-state index is 0.0265. The number of rotatable bonds is 5. The van der Waals surface area contributed by atoms with Crippen molar-refractivity contribution >= 4 is 22.4 Å². The van der Waals surface area contributed by atoms with E-state index in [2.05, 4.69) is 11.9 Å². The minimum atomic E-state index is -0.470. The van der Waals surface area contributed by atoms with E-state index in [4.69, 9.17) is 4.74 Å². The number of fused-ring (bicyclic) bond motifs is 1. The lowest BCUT2D eigenvalue weighted by atomic mass is 10.0. The van der Waals surface area contributed by atoms with Crippen molar-refractivity contribution in [3.05, 3.63) is 45.8 Å². The maximum absolute atomic E-state index is 12.0. The van der Waals surface area contributed by atoms with Crippen molar-refractivity contribution < 1.29 is 14.5 Å². The molecular formula is C15H16N2O4. The molecule has 0 saturated carbocycles. The Balaban J connectivity index is 2.63. The lowest BCUT2D eigenvalue weighted by Crippen LogP contribution is -2.09. The fourth-order valence-corrected chi connectivity index (χ4v) is 2.23. The Kier molecular flexibility index (Phi) is 4.47. The predicted molar refractivity (Wildman–Crippen MR) is 78.3 cm³/mol. The number of esters is 1. The third-order valence-corrected chi connectivity index (χ3v) is 3.32. The molecule has 0 unspecified atom stereocenters. The summed E-state index contributed by atoms with van der Waals surface area (Å²) >= 11 is 0. The van der Waals surface area contributed by atoms with Crippen LogP contribution in [-0.2, 0) is 11.2 Å². The quantitative estimate of drug-likeness (QED) is 0.479. The lowest BCUT2D eigenvalue weighted by Gasteiger charge is -2.10. The van der Waals surface area contributed by atoms with E-state index in [9.17, 15) is 14.9 Å². The Labute approximate surface area is 121 Å². The number of non-ortho nitro benzene ring substituents is 1. The van der Waals surface area contributed by atoms with Crippen LogP contribution >= 0.6 is 0 Å². The normalized spacial score (nSPS) is 10.6. The van der Waals surface area contributed by atoms with Gasteiger partial charge in [-0.05, 0) is 18.9 Å². The Morgan fingerprint density at radius 3 is 2.81 bits per heavy atom. The van der Waals surface area contributed by atoms with E-state index >= 15 is 0 Å². The number of nitro groups is 1. The van der Waals surface area contributed by atoms with Crippen LogP contribution in [0.2, 0.25) is 0 Å². The molecule has 1 heterocycles. The molecule has 1 aromatic carbocycles. The molecule has 21 heavy (non-hydrogen) atoms. The van der Waals surface area contributed by atoms with Crippen LogP contribution in [0.1, 0.15) is 35.8 Å². The summed E-state index contributed by atoms with van der Waals surface area (Å²) in [6.07, 6.45) is 4.14. The molecule has 0 aliphatic carbocycles. The molecule has 6 nitrogen and oxygen atoms in total. The Bertz CT molecular complexity index is 697. The molecule has 0 atom stereocenters. The van der Waals surface area contributed by atoms with Gasteiger partial charge in [0, 0.05) is 29.1 Å². The SMILES string of the molecule is CCCCc1ncc2cc([N+](=O)[O-])ccc2c1C(=O)OC. The smallest absolute Gasteiger partial charge is 0.340 e. The highest BCUT2D eigenvalue weighted by Crippen LogP contribution is 2.26. The van der Waals surface area contributed by atoms with Gasteiger partial charge in [-0.3, -0.25) is 15.1 Å². The van der Waals surface area contributed by atoms with Gasteiger partial charge < -0.3 is 4.74 Å². The van der Waals surface area contributed by atoms with Gasteiger partial charge >= 0.3 is 5.97 Å². The van der Waals surface area contributed by atoms with E-state index in [0.717, 1.165) is 12.8 Å². The zero-order chi connectivity index (χ0) is 15.4. The molecule has 0 N–H and O–H groups in total. The van der Waals surface area contributed by atoms with E-state index < -0.39 is 10.9 Å². The average molecular weight is 288 g/mol. The first-order valence-electron chi connectivity index (χ1n) is 6.72. The summed E-state index contributed by atoms with van der Waals surface area (Å²) in [7, 11) is 1.32. The number of aromatic nitrogens is 1. The van der Waals surface area contributed by atoms with Gasteiger partial charge in [-0.1, -0.05) is 13.3 Å². The second-order valence-corrected chi connectivity index (χ2v) is 4.70. The first kappa shape index (κ1) is 14.9. The molecule has 110 valence electrons. The lowest BCUT2D eigenvalue weighted by molar-refractivity contribution is -0.384. The maximum Gasteiger partial charge on any atom is 0.340 e. The topological polar surface area (TPSA) is 82.3 Å². The number of hydrogen-bond donors (Lipinski definition) is 0. The second kappa shape index (κ2) is 6.30. The zero-order valence-corrected chi connectivity index (χ0v) is 12.0. The molecule has 6 heteroatoms. The van der Waals surface area contributed by atoms with Crippen molar-refractivity contribution in [1.29, 1.82) is 0 Å². The molecule has 0 spiro atoms. The summed E-state index contributed by atoms with van der Waals surface area (Å²) in [6.45, 7) is 2.06. The number of ether oxygens (including phenoxy) is 1. The van der Waals surface area contributed by atoms with Gasteiger partial charge in [0.2, 0.25) is 0 Å². The number of nitrogens with zero attached hydrogens (tertiary/aromatic N) is 2. The van der Waals surface area contributed by atoms with Crippen LogP contribution in [-0.4, -0.2) is 23.0 Å². The van der Waals surface area contributed by atoms with Gasteiger partial charge in [-0.2, -0.15) is 0 Å².